The summed E-state index contributed by atoms with van der Waals surface area (Å²) in [5.74, 6) is -0.972. The highest BCUT2D eigenvalue weighted by atomic mass is 19.4. The van der Waals surface area contributed by atoms with Crippen LogP contribution in [0.25, 0.3) is 111 Å². The maximum Gasteiger partial charge on any atom is 0.420 e. The van der Waals surface area contributed by atoms with E-state index in [1.165, 1.54) is 13.8 Å². The summed E-state index contributed by atoms with van der Waals surface area (Å²) in [6.07, 6.45) is -50.3. The molecule has 0 fully saturated rings. The number of halogens is 27. The lowest BCUT2D eigenvalue weighted by Crippen LogP contribution is -2.16. The number of hydrogen-bond acceptors (Lipinski definition) is 3. The minimum Gasteiger partial charge on any atom is -0.308 e. The molecule has 3 heterocycles. The van der Waals surface area contributed by atoms with Crippen molar-refractivity contribution < 1.29 is 119 Å². The fraction of sp³-hybridized carbons (Fsp3) is 0.162. The molecule has 3 aromatic heterocycles. The summed E-state index contributed by atoms with van der Waals surface area (Å²) in [7, 11) is 0. The average Bonchev–Trinajstić information content (AvgIpc) is 1.53. The van der Waals surface area contributed by atoms with E-state index in [1.54, 1.807) is 0 Å². The van der Waals surface area contributed by atoms with Crippen LogP contribution >= 0.6 is 0 Å². The van der Waals surface area contributed by atoms with Crippen LogP contribution in [0.4, 0.5) is 119 Å². The number of hydrogen-bond donors (Lipinski definition) is 0. The van der Waals surface area contributed by atoms with Crippen molar-refractivity contribution in [3.63, 3.8) is 0 Å². The molecule has 32 heteroatoms. The molecule has 0 spiro atoms. The van der Waals surface area contributed by atoms with E-state index in [0.717, 1.165) is 72.8 Å². The van der Waals surface area contributed by atoms with Crippen molar-refractivity contribution in [2.75, 3.05) is 0 Å². The zero-order valence-corrected chi connectivity index (χ0v) is 49.5. The van der Waals surface area contributed by atoms with E-state index in [-0.39, 0.29) is 81.7 Å². The smallest absolute Gasteiger partial charge is 0.308 e. The quantitative estimate of drug-likeness (QED) is 0.149. The van der Waals surface area contributed by atoms with Crippen molar-refractivity contribution in [1.29, 1.82) is 0 Å². The van der Waals surface area contributed by atoms with E-state index in [9.17, 15) is 52.7 Å². The predicted octanol–water partition coefficient (Wildman–Crippen LogP) is 24.2. The van der Waals surface area contributed by atoms with Gasteiger partial charge in [0, 0.05) is 27.1 Å². The van der Waals surface area contributed by atoms with Gasteiger partial charge in [0.15, 0.2) is 5.82 Å². The minimum atomic E-state index is -5.99. The van der Waals surface area contributed by atoms with E-state index in [2.05, 4.69) is 15.0 Å². The summed E-state index contributed by atoms with van der Waals surface area (Å²) in [6.45, 7) is 2.49. The van der Waals surface area contributed by atoms with Gasteiger partial charge in [-0.15, -0.1) is 0 Å². The molecular formula is C68H32F27N5. The van der Waals surface area contributed by atoms with Crippen LogP contribution in [-0.2, 0) is 55.6 Å². The van der Waals surface area contributed by atoms with E-state index < -0.39 is 195 Å². The van der Waals surface area contributed by atoms with Crippen molar-refractivity contribution in [1.82, 2.24) is 24.1 Å². The second-order valence-electron chi connectivity index (χ2n) is 22.8. The first kappa shape index (κ1) is 69.6. The van der Waals surface area contributed by atoms with Crippen LogP contribution in [0, 0.1) is 13.8 Å². The maximum absolute atomic E-state index is 17.5. The molecule has 0 radical (unpaired) electrons. The van der Waals surface area contributed by atoms with Gasteiger partial charge in [-0.3, -0.25) is 0 Å². The van der Waals surface area contributed by atoms with Crippen LogP contribution in [0.1, 0.15) is 61.7 Å². The monoisotopic (exact) mass is 1430 g/mol. The van der Waals surface area contributed by atoms with E-state index in [0.29, 0.717) is 45.5 Å². The first-order chi connectivity index (χ1) is 46.1. The molecule has 0 unspecified atom stereocenters. The Hall–Kier alpha value is -10.3. The fourth-order valence-electron chi connectivity index (χ4n) is 12.2. The lowest BCUT2D eigenvalue weighted by molar-refractivity contribution is -0.144. The first-order valence-electron chi connectivity index (χ1n) is 28.3. The van der Waals surface area contributed by atoms with Gasteiger partial charge in [-0.05, 0) is 143 Å². The highest BCUT2D eigenvalue weighted by Gasteiger charge is 2.45. The van der Waals surface area contributed by atoms with Crippen LogP contribution in [0.2, 0.25) is 0 Å². The minimum absolute atomic E-state index is 0.189. The normalized spacial score (nSPS) is 13.4. The van der Waals surface area contributed by atoms with Crippen molar-refractivity contribution in [2.45, 2.75) is 69.4 Å². The summed E-state index contributed by atoms with van der Waals surface area (Å²) >= 11 is 0. The number of fused-ring (bicyclic) bond motifs is 6. The van der Waals surface area contributed by atoms with Gasteiger partial charge in [0.2, 0.25) is 0 Å². The van der Waals surface area contributed by atoms with Gasteiger partial charge in [0.25, 0.3) is 0 Å². The Morgan fingerprint density at radius 2 is 0.480 bits per heavy atom. The molecular weight excluding hydrogens is 1400 g/mol. The molecule has 518 valence electrons. The van der Waals surface area contributed by atoms with Gasteiger partial charge in [0.05, 0.1) is 77.9 Å². The Labute approximate surface area is 541 Å². The van der Waals surface area contributed by atoms with Crippen LogP contribution in [0.3, 0.4) is 0 Å². The summed E-state index contributed by atoms with van der Waals surface area (Å²) in [6, 6.07) is 12.6. The number of aromatic nitrogens is 5. The molecule has 0 saturated carbocycles. The third-order valence-corrected chi connectivity index (χ3v) is 16.4. The highest BCUT2D eigenvalue weighted by Crippen LogP contribution is 2.52. The number of aryl methyl sites for hydroxylation is 2. The van der Waals surface area contributed by atoms with E-state index in [1.807, 2.05) is 0 Å². The predicted molar refractivity (Wildman–Crippen MR) is 310 cm³/mol. The van der Waals surface area contributed by atoms with Crippen molar-refractivity contribution in [3.05, 3.63) is 219 Å². The second-order valence-corrected chi connectivity index (χ2v) is 22.8. The van der Waals surface area contributed by atoms with Crippen LogP contribution in [0.15, 0.2) is 158 Å². The topological polar surface area (TPSA) is 48.5 Å². The summed E-state index contributed by atoms with van der Waals surface area (Å²) in [5, 5.41) is -1.33. The largest absolute Gasteiger partial charge is 0.420 e. The zero-order valence-electron chi connectivity index (χ0n) is 49.5. The molecule has 0 N–H and O–H groups in total. The maximum atomic E-state index is 17.5. The Morgan fingerprint density at radius 3 is 0.690 bits per heavy atom. The molecule has 0 amide bonds. The van der Waals surface area contributed by atoms with Gasteiger partial charge in [-0.25, -0.2) is 15.0 Å². The van der Waals surface area contributed by atoms with Crippen LogP contribution in [0.5, 0.6) is 0 Å². The number of benzene rings is 9. The Kier molecular flexibility index (Phi) is 16.1. The summed E-state index contributed by atoms with van der Waals surface area (Å²) in [4.78, 5) is 12.6. The third-order valence-electron chi connectivity index (χ3n) is 16.4. The summed E-state index contributed by atoms with van der Waals surface area (Å²) < 4.78 is 403. The highest BCUT2D eigenvalue weighted by molar-refractivity contribution is 6.13. The van der Waals surface area contributed by atoms with Crippen molar-refractivity contribution in [3.8, 4) is 67.3 Å². The van der Waals surface area contributed by atoms with Crippen LogP contribution < -0.4 is 0 Å². The number of rotatable bonds is 7. The van der Waals surface area contributed by atoms with Gasteiger partial charge in [-0.1, -0.05) is 72.8 Å². The molecule has 0 aliphatic heterocycles. The van der Waals surface area contributed by atoms with E-state index >= 15 is 65.9 Å². The molecule has 0 atom stereocenters. The Bertz CT molecular complexity index is 4740. The van der Waals surface area contributed by atoms with Crippen molar-refractivity contribution in [2.24, 2.45) is 0 Å². The van der Waals surface area contributed by atoms with E-state index in [4.69, 9.17) is 0 Å². The molecule has 0 saturated heterocycles. The molecule has 100 heavy (non-hydrogen) atoms. The lowest BCUT2D eigenvalue weighted by Gasteiger charge is -2.23. The molecule has 12 rings (SSSR count). The average molecular weight is 1430 g/mol. The zero-order chi connectivity index (χ0) is 73.1. The summed E-state index contributed by atoms with van der Waals surface area (Å²) in [5.41, 5.74) is -30.4. The Balaban J connectivity index is 1.29. The number of nitrogens with zero attached hydrogens (tertiary/aromatic N) is 5. The molecule has 9 aromatic carbocycles. The first-order valence-corrected chi connectivity index (χ1v) is 28.3. The van der Waals surface area contributed by atoms with Gasteiger partial charge >= 0.3 is 55.6 Å². The van der Waals surface area contributed by atoms with Crippen molar-refractivity contribution >= 4 is 43.6 Å². The molecule has 0 aliphatic rings. The van der Waals surface area contributed by atoms with Crippen LogP contribution in [-0.4, -0.2) is 24.1 Å². The molecule has 0 bridgehead atoms. The molecule has 12 aromatic rings. The van der Waals surface area contributed by atoms with Gasteiger partial charge in [-0.2, -0.15) is 119 Å². The SMILES string of the molecule is Cc1nc(C)nc(-c2cc(-n3c4cc(-c5ccc(C(F)(F)F)cc5C(F)(F)F)ccc4c4ccc(-c5ccc(C(F)(F)F)cc5C(F)(F)F)cc43)c(C(F)(F)F)c(-n3c4cc(-c5ccc(C(F)(F)F)cc5C(F)(F)F)ccc4c4ccc(-c5ccc(C(F)(F)F)cc5C(F)(F)F)cc43)c2)n1. The third kappa shape index (κ3) is 12.7. The molecule has 5 nitrogen and oxygen atoms in total. The standard InChI is InChI=1S/C68H32F27N5/c1-29-96-30(2)98-59(97-29)35-23-56(99-52-19-31(40-15-7-36(60(69,70)71)25-48(40)64(81,82)83)3-11-44(52)45-12-4-32(20-53(45)99)41-16-8-37(61(72,73)74)26-49(41)65(84,85)86)58(68(93,94)95)57(24-35)100-54-21-33(42-17-9-38(62(75,76)77)27-50(42)66(87,88)89)5-13-46(54)47-14-6-34(22-55(47)100)43-18-10-39(63(78,79)80)28-51(43)67(90,91)92/h3-28H,1-2H3. The number of alkyl halides is 27. The molecule has 0 aliphatic carbocycles. The lowest BCUT2D eigenvalue weighted by atomic mass is 9.95. The van der Waals surface area contributed by atoms with Gasteiger partial charge < -0.3 is 9.13 Å². The fourth-order valence-corrected chi connectivity index (χ4v) is 12.2. The Morgan fingerprint density at radius 1 is 0.240 bits per heavy atom. The second kappa shape index (κ2) is 23.1. The van der Waals surface area contributed by atoms with Gasteiger partial charge in [0.1, 0.15) is 17.2 Å².